The maximum Gasteiger partial charge on any atom is 0.269 e. The fraction of sp³-hybridized carbons (Fsp3) is 0. The van der Waals surface area contributed by atoms with Crippen LogP contribution in [0.5, 0.6) is 5.75 Å². The summed E-state index contributed by atoms with van der Waals surface area (Å²) in [5.41, 5.74) is -0.265. The van der Waals surface area contributed by atoms with Crippen molar-refractivity contribution in [2.45, 2.75) is 0 Å². The first-order chi connectivity index (χ1) is 12.9. The summed E-state index contributed by atoms with van der Waals surface area (Å²) in [7, 11) is 0. The average Bonchev–Trinajstić information content (AvgIpc) is 3.14. The van der Waals surface area contributed by atoms with Gasteiger partial charge in [-0.2, -0.15) is 5.10 Å². The van der Waals surface area contributed by atoms with Crippen LogP contribution in [0, 0.1) is 10.1 Å². The molecule has 136 valence electrons. The largest absolute Gasteiger partial charge is 0.872 e. The highest BCUT2D eigenvalue weighted by molar-refractivity contribution is 6.40. The molecule has 0 radical (unpaired) electrons. The van der Waals surface area contributed by atoms with Gasteiger partial charge in [-0.3, -0.25) is 14.9 Å². The second-order valence-corrected chi connectivity index (χ2v) is 6.15. The molecular formula is C17H9Cl2N4O4-. The van der Waals surface area contributed by atoms with Gasteiger partial charge in [0.15, 0.2) is 0 Å². The van der Waals surface area contributed by atoms with Gasteiger partial charge in [0.2, 0.25) is 5.78 Å². The Morgan fingerprint density at radius 1 is 1.19 bits per heavy atom. The number of ketones is 1. The summed E-state index contributed by atoms with van der Waals surface area (Å²) in [5.74, 6) is -1.05. The van der Waals surface area contributed by atoms with Crippen molar-refractivity contribution < 1.29 is 14.8 Å². The van der Waals surface area contributed by atoms with E-state index in [0.717, 1.165) is 22.9 Å². The van der Waals surface area contributed by atoms with Gasteiger partial charge in [0.05, 0.1) is 9.95 Å². The van der Waals surface area contributed by atoms with Crippen molar-refractivity contribution >= 4 is 46.4 Å². The Kier molecular flexibility index (Phi) is 5.20. The van der Waals surface area contributed by atoms with Crippen LogP contribution in [-0.2, 0) is 0 Å². The minimum Gasteiger partial charge on any atom is -0.872 e. The first kappa shape index (κ1) is 18.6. The SMILES string of the molecule is O=C(/C(=C/c1cc([N+](=O)[O-])ccc1[O-])n1cncn1)c1ccc(Cl)cc1Cl. The lowest BCUT2D eigenvalue weighted by Crippen LogP contribution is -2.11. The van der Waals surface area contributed by atoms with Crippen LogP contribution in [0.15, 0.2) is 49.1 Å². The van der Waals surface area contributed by atoms with Gasteiger partial charge in [-0.1, -0.05) is 29.3 Å². The summed E-state index contributed by atoms with van der Waals surface area (Å²) in [6.45, 7) is 0. The van der Waals surface area contributed by atoms with E-state index < -0.39 is 16.5 Å². The smallest absolute Gasteiger partial charge is 0.269 e. The Balaban J connectivity index is 2.16. The summed E-state index contributed by atoms with van der Waals surface area (Å²) in [6.07, 6.45) is 3.67. The van der Waals surface area contributed by atoms with Crippen LogP contribution in [0.3, 0.4) is 0 Å². The Morgan fingerprint density at radius 2 is 1.96 bits per heavy atom. The Labute approximate surface area is 162 Å². The highest BCUT2D eigenvalue weighted by atomic mass is 35.5. The molecule has 1 heterocycles. The zero-order valence-electron chi connectivity index (χ0n) is 13.4. The molecule has 0 saturated carbocycles. The van der Waals surface area contributed by atoms with Gasteiger partial charge in [0.25, 0.3) is 5.69 Å². The zero-order valence-corrected chi connectivity index (χ0v) is 14.9. The lowest BCUT2D eigenvalue weighted by Gasteiger charge is -2.13. The molecule has 0 aliphatic heterocycles. The first-order valence-electron chi connectivity index (χ1n) is 7.38. The van der Waals surface area contributed by atoms with Crippen molar-refractivity contribution in [2.24, 2.45) is 0 Å². The third kappa shape index (κ3) is 3.97. The predicted octanol–water partition coefficient (Wildman–Crippen LogP) is 3.45. The van der Waals surface area contributed by atoms with Gasteiger partial charge in [-0.25, -0.2) is 9.67 Å². The number of hydrogen-bond donors (Lipinski definition) is 0. The number of halogens is 2. The number of Topliss-reactive ketones (excluding diaryl/α,β-unsaturated/α-hetero) is 1. The number of carbonyl (C=O) groups excluding carboxylic acids is 1. The van der Waals surface area contributed by atoms with Crippen molar-refractivity contribution in [1.82, 2.24) is 14.8 Å². The Morgan fingerprint density at radius 3 is 2.59 bits per heavy atom. The molecule has 3 rings (SSSR count). The molecule has 1 aromatic heterocycles. The summed E-state index contributed by atoms with van der Waals surface area (Å²) >= 11 is 12.0. The van der Waals surface area contributed by atoms with Gasteiger partial charge >= 0.3 is 0 Å². The number of hydrogen-bond acceptors (Lipinski definition) is 6. The molecule has 8 nitrogen and oxygen atoms in total. The molecule has 2 aromatic carbocycles. The van der Waals surface area contributed by atoms with E-state index in [4.69, 9.17) is 23.2 Å². The molecule has 0 atom stereocenters. The van der Waals surface area contributed by atoms with E-state index in [1.165, 1.54) is 36.9 Å². The predicted molar refractivity (Wildman–Crippen MR) is 97.5 cm³/mol. The van der Waals surface area contributed by atoms with Crippen molar-refractivity contribution in [2.75, 3.05) is 0 Å². The molecule has 0 N–H and O–H groups in total. The van der Waals surface area contributed by atoms with Gasteiger partial charge in [0, 0.05) is 22.7 Å². The maximum atomic E-state index is 13.0. The van der Waals surface area contributed by atoms with E-state index in [0.29, 0.717) is 5.02 Å². The Bertz CT molecular complexity index is 1060. The summed E-state index contributed by atoms with van der Waals surface area (Å²) in [6, 6.07) is 7.56. The van der Waals surface area contributed by atoms with Crippen LogP contribution in [0.25, 0.3) is 11.8 Å². The van der Waals surface area contributed by atoms with Crippen LogP contribution in [0.2, 0.25) is 10.0 Å². The maximum absolute atomic E-state index is 13.0. The standard InChI is InChI=1S/C17H10Cl2N4O4/c18-11-1-3-13(14(19)7-11)17(25)15(22-9-20-8-21-22)6-10-5-12(23(26)27)2-4-16(10)24/h1-9,24H/p-1/b15-6-. The number of non-ortho nitro benzene ring substituents is 1. The average molecular weight is 404 g/mol. The van der Waals surface area contributed by atoms with Crippen LogP contribution in [0.1, 0.15) is 15.9 Å². The number of allylic oxidation sites excluding steroid dienone is 1. The van der Waals surface area contributed by atoms with Crippen LogP contribution >= 0.6 is 23.2 Å². The number of benzene rings is 2. The molecule has 0 saturated heterocycles. The topological polar surface area (TPSA) is 114 Å². The van der Waals surface area contributed by atoms with Crippen molar-refractivity contribution in [1.29, 1.82) is 0 Å². The highest BCUT2D eigenvalue weighted by Crippen LogP contribution is 2.28. The third-order valence-electron chi connectivity index (χ3n) is 3.57. The normalized spacial score (nSPS) is 11.4. The first-order valence-corrected chi connectivity index (χ1v) is 8.14. The number of nitro groups is 1. The molecule has 27 heavy (non-hydrogen) atoms. The number of aromatic nitrogens is 3. The van der Waals surface area contributed by atoms with Crippen LogP contribution < -0.4 is 5.11 Å². The van der Waals surface area contributed by atoms with Crippen LogP contribution in [-0.4, -0.2) is 25.5 Å². The number of nitro benzene ring substituents is 1. The highest BCUT2D eigenvalue weighted by Gasteiger charge is 2.19. The third-order valence-corrected chi connectivity index (χ3v) is 4.12. The van der Waals surface area contributed by atoms with Gasteiger partial charge in [-0.05, 0) is 29.8 Å². The summed E-state index contributed by atoms with van der Waals surface area (Å²) in [5, 5.41) is 27.4. The lowest BCUT2D eigenvalue weighted by atomic mass is 10.0. The second-order valence-electron chi connectivity index (χ2n) is 5.30. The van der Waals surface area contributed by atoms with E-state index in [-0.39, 0.29) is 27.5 Å². The van der Waals surface area contributed by atoms with Gasteiger partial charge in [-0.15, -0.1) is 5.75 Å². The molecular weight excluding hydrogens is 395 g/mol. The molecule has 0 bridgehead atoms. The van der Waals surface area contributed by atoms with E-state index in [9.17, 15) is 20.0 Å². The molecule has 0 unspecified atom stereocenters. The molecule has 0 fully saturated rings. The minimum absolute atomic E-state index is 0.0480. The number of nitrogens with zero attached hydrogens (tertiary/aromatic N) is 4. The molecule has 3 aromatic rings. The van der Waals surface area contributed by atoms with E-state index in [1.807, 2.05) is 0 Å². The fourth-order valence-corrected chi connectivity index (χ4v) is 2.78. The van der Waals surface area contributed by atoms with Gasteiger partial charge < -0.3 is 5.11 Å². The lowest BCUT2D eigenvalue weighted by molar-refractivity contribution is -0.385. The second kappa shape index (κ2) is 7.56. The monoisotopic (exact) mass is 403 g/mol. The van der Waals surface area contributed by atoms with Crippen molar-refractivity contribution in [3.8, 4) is 5.75 Å². The van der Waals surface area contributed by atoms with Crippen molar-refractivity contribution in [3.63, 3.8) is 0 Å². The molecule has 0 aliphatic rings. The summed E-state index contributed by atoms with van der Waals surface area (Å²) < 4.78 is 1.14. The van der Waals surface area contributed by atoms with E-state index in [1.54, 1.807) is 0 Å². The number of rotatable bonds is 5. The molecule has 10 heteroatoms. The minimum atomic E-state index is -0.635. The Hall–Kier alpha value is -3.23. The van der Waals surface area contributed by atoms with Gasteiger partial charge in [0.1, 0.15) is 18.4 Å². The van der Waals surface area contributed by atoms with Crippen molar-refractivity contribution in [3.05, 3.63) is 80.3 Å². The molecule has 0 aliphatic carbocycles. The van der Waals surface area contributed by atoms with E-state index in [2.05, 4.69) is 10.1 Å². The van der Waals surface area contributed by atoms with E-state index >= 15 is 0 Å². The zero-order chi connectivity index (χ0) is 19.6. The fourth-order valence-electron chi connectivity index (χ4n) is 2.29. The molecule has 0 spiro atoms. The quantitative estimate of drug-likeness (QED) is 0.279. The van der Waals surface area contributed by atoms with Crippen LogP contribution in [0.4, 0.5) is 5.69 Å². The number of carbonyl (C=O) groups is 1. The molecule has 0 amide bonds. The summed E-state index contributed by atoms with van der Waals surface area (Å²) in [4.78, 5) is 27.1.